The maximum Gasteiger partial charge on any atom is 0.341 e. The van der Waals surface area contributed by atoms with Gasteiger partial charge in [-0.3, -0.25) is 9.59 Å². The number of aryl methyl sites for hydroxylation is 1. The van der Waals surface area contributed by atoms with Crippen molar-refractivity contribution < 1.29 is 28.7 Å². The molecule has 0 radical (unpaired) electrons. The van der Waals surface area contributed by atoms with E-state index in [1.807, 2.05) is 6.92 Å². The molecular formula is C20H22N2O6S. The van der Waals surface area contributed by atoms with Crippen LogP contribution in [-0.2, 0) is 25.5 Å². The van der Waals surface area contributed by atoms with E-state index in [-0.39, 0.29) is 23.6 Å². The molecular weight excluding hydrogens is 396 g/mol. The van der Waals surface area contributed by atoms with Crippen LogP contribution in [0.1, 0.15) is 46.4 Å². The number of esters is 2. The van der Waals surface area contributed by atoms with Crippen molar-refractivity contribution in [2.75, 3.05) is 23.8 Å². The first-order valence-corrected chi connectivity index (χ1v) is 9.80. The molecule has 2 rings (SSSR count). The lowest BCUT2D eigenvalue weighted by molar-refractivity contribution is -0.119. The Kier molecular flexibility index (Phi) is 7.90. The molecule has 154 valence electrons. The minimum Gasteiger partial charge on any atom is -0.462 e. The number of thiophene rings is 1. The van der Waals surface area contributed by atoms with Gasteiger partial charge in [0.1, 0.15) is 5.00 Å². The van der Waals surface area contributed by atoms with Gasteiger partial charge in [-0.2, -0.15) is 0 Å². The monoisotopic (exact) mass is 418 g/mol. The van der Waals surface area contributed by atoms with Gasteiger partial charge in [-0.1, -0.05) is 13.0 Å². The zero-order chi connectivity index (χ0) is 21.4. The predicted molar refractivity (Wildman–Crippen MR) is 109 cm³/mol. The fraction of sp³-hybridized carbons (Fsp3) is 0.300. The fourth-order valence-corrected chi connectivity index (χ4v) is 3.37. The number of hydrogen-bond acceptors (Lipinski definition) is 7. The van der Waals surface area contributed by atoms with Gasteiger partial charge in [0.25, 0.3) is 5.91 Å². The number of hydrogen-bond donors (Lipinski definition) is 2. The second-order valence-electron chi connectivity index (χ2n) is 5.92. The first-order valence-electron chi connectivity index (χ1n) is 8.98. The smallest absolute Gasteiger partial charge is 0.341 e. The summed E-state index contributed by atoms with van der Waals surface area (Å²) in [5.41, 5.74) is 0.915. The van der Waals surface area contributed by atoms with Crippen LogP contribution >= 0.6 is 11.3 Å². The normalized spacial score (nSPS) is 10.2. The zero-order valence-corrected chi connectivity index (χ0v) is 17.2. The molecule has 0 aliphatic heterocycles. The molecule has 0 saturated carbocycles. The number of anilines is 2. The van der Waals surface area contributed by atoms with Crippen molar-refractivity contribution >= 4 is 45.8 Å². The molecule has 29 heavy (non-hydrogen) atoms. The SMILES string of the molecule is CCOC(=O)c1cc(CC)sc1NC(=O)COC(=O)c1cccc(NC(C)=O)c1. The molecule has 0 unspecified atom stereocenters. The fourth-order valence-electron chi connectivity index (χ4n) is 2.37. The van der Waals surface area contributed by atoms with Crippen LogP contribution in [0.4, 0.5) is 10.7 Å². The largest absolute Gasteiger partial charge is 0.462 e. The average molecular weight is 418 g/mol. The highest BCUT2D eigenvalue weighted by molar-refractivity contribution is 7.16. The van der Waals surface area contributed by atoms with Crippen LogP contribution in [0, 0.1) is 0 Å². The van der Waals surface area contributed by atoms with Crippen LogP contribution in [0.5, 0.6) is 0 Å². The van der Waals surface area contributed by atoms with E-state index in [2.05, 4.69) is 10.6 Å². The molecule has 1 heterocycles. The van der Waals surface area contributed by atoms with Gasteiger partial charge in [0, 0.05) is 17.5 Å². The number of carbonyl (C=O) groups excluding carboxylic acids is 4. The molecule has 2 N–H and O–H groups in total. The van der Waals surface area contributed by atoms with Gasteiger partial charge in [-0.15, -0.1) is 11.3 Å². The van der Waals surface area contributed by atoms with Crippen molar-refractivity contribution in [1.29, 1.82) is 0 Å². The molecule has 1 aromatic heterocycles. The summed E-state index contributed by atoms with van der Waals surface area (Å²) in [4.78, 5) is 48.4. The minimum atomic E-state index is -0.710. The van der Waals surface area contributed by atoms with Crippen molar-refractivity contribution in [3.63, 3.8) is 0 Å². The Hall–Kier alpha value is -3.20. The van der Waals surface area contributed by atoms with E-state index in [1.54, 1.807) is 25.1 Å². The molecule has 9 heteroatoms. The van der Waals surface area contributed by atoms with E-state index in [0.717, 1.165) is 4.88 Å². The highest BCUT2D eigenvalue weighted by Gasteiger charge is 2.19. The number of nitrogens with one attached hydrogen (secondary N) is 2. The van der Waals surface area contributed by atoms with Gasteiger partial charge in [0.15, 0.2) is 6.61 Å². The third-order valence-corrected chi connectivity index (χ3v) is 4.83. The number of ether oxygens (including phenoxy) is 2. The molecule has 0 saturated heterocycles. The van der Waals surface area contributed by atoms with Gasteiger partial charge in [-0.05, 0) is 37.6 Å². The second-order valence-corrected chi connectivity index (χ2v) is 7.05. The lowest BCUT2D eigenvalue weighted by Crippen LogP contribution is -2.21. The van der Waals surface area contributed by atoms with Crippen LogP contribution in [0.15, 0.2) is 30.3 Å². The molecule has 0 atom stereocenters. The topological polar surface area (TPSA) is 111 Å². The van der Waals surface area contributed by atoms with Gasteiger partial charge in [0.05, 0.1) is 17.7 Å². The van der Waals surface area contributed by atoms with Gasteiger partial charge < -0.3 is 20.1 Å². The van der Waals surface area contributed by atoms with Gasteiger partial charge in [0.2, 0.25) is 5.91 Å². The first kappa shape index (κ1) is 22.1. The Morgan fingerprint density at radius 3 is 2.41 bits per heavy atom. The lowest BCUT2D eigenvalue weighted by Gasteiger charge is -2.08. The molecule has 1 aromatic carbocycles. The first-order chi connectivity index (χ1) is 13.8. The van der Waals surface area contributed by atoms with Crippen molar-refractivity contribution in [3.8, 4) is 0 Å². The molecule has 0 aliphatic rings. The highest BCUT2D eigenvalue weighted by Crippen LogP contribution is 2.29. The highest BCUT2D eigenvalue weighted by atomic mass is 32.1. The molecule has 0 aliphatic carbocycles. The summed E-state index contributed by atoms with van der Waals surface area (Å²) >= 11 is 1.27. The van der Waals surface area contributed by atoms with Crippen molar-refractivity contribution in [3.05, 3.63) is 46.3 Å². The van der Waals surface area contributed by atoms with Crippen molar-refractivity contribution in [1.82, 2.24) is 0 Å². The summed E-state index contributed by atoms with van der Waals surface area (Å²) in [6, 6.07) is 7.86. The number of amides is 2. The van der Waals surface area contributed by atoms with Crippen LogP contribution in [0.3, 0.4) is 0 Å². The summed E-state index contributed by atoms with van der Waals surface area (Å²) in [6.45, 7) is 4.69. The summed E-state index contributed by atoms with van der Waals surface area (Å²) in [5, 5.41) is 5.51. The Morgan fingerprint density at radius 1 is 1.00 bits per heavy atom. The maximum absolute atomic E-state index is 12.2. The Morgan fingerprint density at radius 2 is 1.76 bits per heavy atom. The molecule has 0 fully saturated rings. The number of benzene rings is 1. The van der Waals surface area contributed by atoms with E-state index < -0.39 is 24.5 Å². The molecule has 8 nitrogen and oxygen atoms in total. The summed E-state index contributed by atoms with van der Waals surface area (Å²) < 4.78 is 10.0. The minimum absolute atomic E-state index is 0.195. The van der Waals surface area contributed by atoms with Crippen molar-refractivity contribution in [2.45, 2.75) is 27.2 Å². The number of carbonyl (C=O) groups is 4. The van der Waals surface area contributed by atoms with E-state index in [0.29, 0.717) is 17.1 Å². The third-order valence-electron chi connectivity index (χ3n) is 3.63. The van der Waals surface area contributed by atoms with Crippen LogP contribution in [0.25, 0.3) is 0 Å². The van der Waals surface area contributed by atoms with E-state index in [9.17, 15) is 19.2 Å². The molecule has 2 aromatic rings. The summed E-state index contributed by atoms with van der Waals surface area (Å²) in [7, 11) is 0. The van der Waals surface area contributed by atoms with E-state index in [4.69, 9.17) is 9.47 Å². The summed E-state index contributed by atoms with van der Waals surface area (Å²) in [6.07, 6.45) is 0.701. The Labute approximate surface area is 172 Å². The standard InChI is InChI=1S/C20H22N2O6S/c1-4-15-10-16(20(26)27-5-2)18(29-15)22-17(24)11-28-19(25)13-7-6-8-14(9-13)21-12(3)23/h6-10H,4-5,11H2,1-3H3,(H,21,23)(H,22,24). The molecule has 0 bridgehead atoms. The molecule has 2 amide bonds. The molecule has 0 spiro atoms. The van der Waals surface area contributed by atoms with Crippen molar-refractivity contribution in [2.24, 2.45) is 0 Å². The zero-order valence-electron chi connectivity index (χ0n) is 16.4. The quantitative estimate of drug-likeness (QED) is 0.637. The Bertz CT molecular complexity index is 921. The Balaban J connectivity index is 2.00. The van der Waals surface area contributed by atoms with Crippen LogP contribution < -0.4 is 10.6 Å². The number of rotatable bonds is 8. The lowest BCUT2D eigenvalue weighted by atomic mass is 10.2. The van der Waals surface area contributed by atoms with Crippen LogP contribution in [0.2, 0.25) is 0 Å². The predicted octanol–water partition coefficient (Wildman–Crippen LogP) is 3.24. The summed E-state index contributed by atoms with van der Waals surface area (Å²) in [5.74, 6) is -2.08. The second kappa shape index (κ2) is 10.4. The average Bonchev–Trinajstić information content (AvgIpc) is 3.09. The third kappa shape index (κ3) is 6.42. The van der Waals surface area contributed by atoms with E-state index >= 15 is 0 Å². The van der Waals surface area contributed by atoms with Gasteiger partial charge >= 0.3 is 11.9 Å². The van der Waals surface area contributed by atoms with Crippen LogP contribution in [-0.4, -0.2) is 37.0 Å². The maximum atomic E-state index is 12.2. The van der Waals surface area contributed by atoms with E-state index in [1.165, 1.54) is 30.4 Å². The van der Waals surface area contributed by atoms with Gasteiger partial charge in [-0.25, -0.2) is 9.59 Å².